The van der Waals surface area contributed by atoms with Crippen LogP contribution in [0.1, 0.15) is 20.7 Å². The van der Waals surface area contributed by atoms with Gasteiger partial charge in [-0.05, 0) is 29.0 Å². The number of fused-ring (bicyclic) bond motifs is 4. The molecule has 0 unspecified atom stereocenters. The van der Waals surface area contributed by atoms with Crippen molar-refractivity contribution in [3.63, 3.8) is 0 Å². The van der Waals surface area contributed by atoms with Crippen LogP contribution in [-0.4, -0.2) is 41.0 Å². The Bertz CT molecular complexity index is 2240. The number of esters is 2. The second-order valence-corrected chi connectivity index (χ2v) is 9.18. The molecule has 0 aliphatic heterocycles. The lowest BCUT2D eigenvalue weighted by Gasteiger charge is -2.00. The van der Waals surface area contributed by atoms with Gasteiger partial charge in [-0.1, -0.05) is 54.6 Å². The third kappa shape index (κ3) is 5.34. The second kappa shape index (κ2) is 11.8. The molecule has 11 heteroatoms. The van der Waals surface area contributed by atoms with Gasteiger partial charge in [-0.25, -0.2) is 14.6 Å². The number of methoxy groups -OCH3 is 2. The highest BCUT2D eigenvalue weighted by Gasteiger charge is 2.18. The first-order valence-corrected chi connectivity index (χ1v) is 12.7. The van der Waals surface area contributed by atoms with Crippen molar-refractivity contribution in [1.29, 1.82) is 0 Å². The quantitative estimate of drug-likeness (QED) is 0.160. The summed E-state index contributed by atoms with van der Waals surface area (Å²) in [4.78, 5) is 67.6. The van der Waals surface area contributed by atoms with Gasteiger partial charge >= 0.3 is 11.9 Å². The first-order valence-electron chi connectivity index (χ1n) is 12.7. The fourth-order valence-electron chi connectivity index (χ4n) is 4.68. The van der Waals surface area contributed by atoms with Crippen LogP contribution in [0.4, 0.5) is 5.69 Å². The molecule has 0 atom stereocenters. The highest BCUT2D eigenvalue weighted by atomic mass is 16.6. The zero-order chi connectivity index (χ0) is 30.7. The van der Waals surface area contributed by atoms with Crippen LogP contribution in [0.5, 0.6) is 0 Å². The maximum atomic E-state index is 12.6. The van der Waals surface area contributed by atoms with Gasteiger partial charge in [0.1, 0.15) is 17.2 Å². The molecule has 4 aromatic carbocycles. The third-order valence-electron chi connectivity index (χ3n) is 6.72. The summed E-state index contributed by atoms with van der Waals surface area (Å²) >= 11 is 0. The minimum Gasteiger partial charge on any atom is -0.465 e. The Balaban J connectivity index is 0.000000173. The van der Waals surface area contributed by atoms with Crippen LogP contribution in [0.2, 0.25) is 0 Å². The molecule has 2 heterocycles. The molecule has 0 amide bonds. The van der Waals surface area contributed by atoms with E-state index >= 15 is 0 Å². The number of nitro groups is 1. The Morgan fingerprint density at radius 2 is 1.16 bits per heavy atom. The Hall–Kier alpha value is -6.10. The molecule has 0 saturated heterocycles. The standard InChI is InChI=1S/C16H10N2O5.C16H11NO3/c1-23-16(20)13-6-9-4-2-3-5-11(9)15(19)14-12(13)7-10(8-17-14)18(21)22;1-20-16(19)13-9-10-5-2-3-6-11(10)15(18)14-12(13)7-4-8-17-14/h2-8H,1H3;2-9H,1H3. The number of nitrogens with zero attached hydrogens (tertiary/aromatic N) is 3. The van der Waals surface area contributed by atoms with E-state index in [-0.39, 0.29) is 33.1 Å². The van der Waals surface area contributed by atoms with Crippen LogP contribution in [0.3, 0.4) is 0 Å². The molecule has 0 spiro atoms. The summed E-state index contributed by atoms with van der Waals surface area (Å²) in [5.74, 6) is -1.18. The summed E-state index contributed by atoms with van der Waals surface area (Å²) in [6.45, 7) is 0. The van der Waals surface area contributed by atoms with Gasteiger partial charge < -0.3 is 9.47 Å². The van der Waals surface area contributed by atoms with Crippen LogP contribution >= 0.6 is 0 Å². The lowest BCUT2D eigenvalue weighted by Crippen LogP contribution is -2.04. The molecule has 0 saturated carbocycles. The van der Waals surface area contributed by atoms with E-state index in [9.17, 15) is 29.3 Å². The van der Waals surface area contributed by atoms with E-state index in [1.807, 2.05) is 6.07 Å². The molecule has 6 aromatic rings. The molecule has 0 aliphatic carbocycles. The van der Waals surface area contributed by atoms with Crippen LogP contribution in [0.15, 0.2) is 101 Å². The van der Waals surface area contributed by atoms with Crippen LogP contribution in [0.25, 0.3) is 43.4 Å². The van der Waals surface area contributed by atoms with Crippen LogP contribution in [0, 0.1) is 10.1 Å². The van der Waals surface area contributed by atoms with Crippen molar-refractivity contribution in [2.24, 2.45) is 0 Å². The van der Waals surface area contributed by atoms with E-state index in [1.165, 1.54) is 20.3 Å². The summed E-state index contributed by atoms with van der Waals surface area (Å²) in [6.07, 6.45) is 2.54. The van der Waals surface area contributed by atoms with Gasteiger partial charge in [0, 0.05) is 33.8 Å². The van der Waals surface area contributed by atoms with E-state index in [4.69, 9.17) is 9.47 Å². The van der Waals surface area contributed by atoms with E-state index in [0.29, 0.717) is 32.5 Å². The fraction of sp³-hybridized carbons (Fsp3) is 0.0625. The van der Waals surface area contributed by atoms with Crippen molar-refractivity contribution in [3.8, 4) is 0 Å². The zero-order valence-electron chi connectivity index (χ0n) is 22.8. The largest absolute Gasteiger partial charge is 0.465 e. The van der Waals surface area contributed by atoms with Gasteiger partial charge in [0.15, 0.2) is 0 Å². The van der Waals surface area contributed by atoms with E-state index in [2.05, 4.69) is 9.97 Å². The number of pyridine rings is 2. The fourth-order valence-corrected chi connectivity index (χ4v) is 4.68. The summed E-state index contributed by atoms with van der Waals surface area (Å²) in [7, 11) is 2.52. The number of rotatable bonds is 3. The number of benzene rings is 2. The van der Waals surface area contributed by atoms with Crippen molar-refractivity contribution < 1.29 is 24.0 Å². The normalized spacial score (nSPS) is 10.7. The zero-order valence-corrected chi connectivity index (χ0v) is 22.8. The van der Waals surface area contributed by atoms with Gasteiger partial charge in [-0.15, -0.1) is 0 Å². The number of carbonyl (C=O) groups is 2. The van der Waals surface area contributed by atoms with E-state index < -0.39 is 22.3 Å². The number of carbonyl (C=O) groups excluding carboxylic acids is 2. The van der Waals surface area contributed by atoms with Crippen molar-refractivity contribution in [2.75, 3.05) is 14.2 Å². The average molecular weight is 576 g/mol. The lowest BCUT2D eigenvalue weighted by molar-refractivity contribution is -0.385. The smallest absolute Gasteiger partial charge is 0.338 e. The maximum Gasteiger partial charge on any atom is 0.338 e. The highest BCUT2D eigenvalue weighted by molar-refractivity contribution is 6.08. The molecule has 43 heavy (non-hydrogen) atoms. The Morgan fingerprint density at radius 1 is 0.674 bits per heavy atom. The minimum atomic E-state index is -0.696. The molecular weight excluding hydrogens is 554 g/mol. The maximum absolute atomic E-state index is 12.6. The highest BCUT2D eigenvalue weighted by Crippen LogP contribution is 2.23. The predicted molar refractivity (Wildman–Crippen MR) is 160 cm³/mol. The Kier molecular flexibility index (Phi) is 7.79. The number of hydrogen-bond acceptors (Lipinski definition) is 10. The third-order valence-corrected chi connectivity index (χ3v) is 6.72. The molecule has 0 aliphatic rings. The lowest BCUT2D eigenvalue weighted by atomic mass is 10.1. The van der Waals surface area contributed by atoms with Crippen LogP contribution in [-0.2, 0) is 9.47 Å². The number of hydrogen-bond donors (Lipinski definition) is 0. The molecule has 2 aromatic heterocycles. The number of aromatic nitrogens is 2. The predicted octanol–water partition coefficient (Wildman–Crippen LogP) is 4.98. The summed E-state index contributed by atoms with van der Waals surface area (Å²) in [5, 5.41) is 13.7. The summed E-state index contributed by atoms with van der Waals surface area (Å²) < 4.78 is 9.54. The van der Waals surface area contributed by atoms with Gasteiger partial charge in [-0.2, -0.15) is 0 Å². The molecule has 0 N–H and O–H groups in total. The molecule has 212 valence electrons. The van der Waals surface area contributed by atoms with E-state index in [0.717, 1.165) is 12.3 Å². The average Bonchev–Trinajstić information content (AvgIpc) is 3.25. The monoisotopic (exact) mass is 575 g/mol. The van der Waals surface area contributed by atoms with Gasteiger partial charge in [0.05, 0.1) is 30.3 Å². The summed E-state index contributed by atoms with van der Waals surface area (Å²) in [5.41, 5.74) is -0.249. The van der Waals surface area contributed by atoms with Gasteiger partial charge in [0.2, 0.25) is 10.9 Å². The molecule has 0 fully saturated rings. The molecule has 6 rings (SSSR count). The first kappa shape index (κ1) is 28.4. The first-order chi connectivity index (χ1) is 20.7. The van der Waals surface area contributed by atoms with Crippen molar-refractivity contribution in [1.82, 2.24) is 9.97 Å². The summed E-state index contributed by atoms with van der Waals surface area (Å²) in [6, 6.07) is 21.6. The van der Waals surface area contributed by atoms with Gasteiger partial charge in [0.25, 0.3) is 5.69 Å². The van der Waals surface area contributed by atoms with Gasteiger partial charge in [-0.3, -0.25) is 24.7 Å². The van der Waals surface area contributed by atoms with Crippen molar-refractivity contribution in [3.05, 3.63) is 133 Å². The number of ether oxygens (including phenoxy) is 2. The van der Waals surface area contributed by atoms with Crippen molar-refractivity contribution >= 4 is 61.0 Å². The minimum absolute atomic E-state index is 0.0165. The topological polar surface area (TPSA) is 156 Å². The second-order valence-electron chi connectivity index (χ2n) is 9.18. The van der Waals surface area contributed by atoms with Crippen LogP contribution < -0.4 is 10.9 Å². The van der Waals surface area contributed by atoms with Crippen molar-refractivity contribution in [2.45, 2.75) is 0 Å². The molecular formula is C32H21N3O8. The Labute approximate surface area is 242 Å². The molecule has 0 bridgehead atoms. The molecule has 11 nitrogen and oxygen atoms in total. The Morgan fingerprint density at radius 3 is 1.70 bits per heavy atom. The molecule has 0 radical (unpaired) electrons. The SMILES string of the molecule is COC(=O)c1cc2ccccc2c(=O)c2ncc([N+](=O)[O-])cc12.COC(=O)c1cc2ccccc2c(=O)c2ncccc12. The van der Waals surface area contributed by atoms with E-state index in [1.54, 1.807) is 66.9 Å².